The van der Waals surface area contributed by atoms with Gasteiger partial charge in [-0.05, 0) is 35.9 Å². The van der Waals surface area contributed by atoms with Crippen molar-refractivity contribution < 1.29 is 15.0 Å². The lowest BCUT2D eigenvalue weighted by molar-refractivity contribution is -0.116. The molecule has 0 saturated heterocycles. The van der Waals surface area contributed by atoms with Gasteiger partial charge in [0, 0.05) is 21.6 Å². The average molecular weight is 465 g/mol. The summed E-state index contributed by atoms with van der Waals surface area (Å²) >= 11 is 7.34. The third-order valence-corrected chi connectivity index (χ3v) is 6.29. The summed E-state index contributed by atoms with van der Waals surface area (Å²) in [5.74, 6) is -0.180. The Morgan fingerprint density at radius 2 is 1.81 bits per heavy atom. The Bertz CT molecular complexity index is 1370. The summed E-state index contributed by atoms with van der Waals surface area (Å²) < 4.78 is 0. The summed E-state index contributed by atoms with van der Waals surface area (Å²) in [5.41, 5.74) is 2.01. The number of halogens is 1. The Morgan fingerprint density at radius 1 is 1.03 bits per heavy atom. The highest BCUT2D eigenvalue weighted by atomic mass is 35.5. The van der Waals surface area contributed by atoms with E-state index in [1.807, 2.05) is 48.5 Å². The van der Waals surface area contributed by atoms with E-state index in [1.54, 1.807) is 11.1 Å². The zero-order valence-electron chi connectivity index (χ0n) is 16.6. The zero-order valence-corrected chi connectivity index (χ0v) is 18.1. The summed E-state index contributed by atoms with van der Waals surface area (Å²) in [6, 6.07) is 19.3. The third kappa shape index (κ3) is 3.79. The molecule has 1 unspecified atom stereocenters. The maximum Gasteiger partial charge on any atom is 0.276 e. The number of amides is 1. The van der Waals surface area contributed by atoms with Gasteiger partial charge in [-0.1, -0.05) is 59.8 Å². The molecule has 0 bridgehead atoms. The Morgan fingerprint density at radius 3 is 2.59 bits per heavy atom. The lowest BCUT2D eigenvalue weighted by Crippen LogP contribution is -2.50. The van der Waals surface area contributed by atoms with Crippen LogP contribution in [0.15, 0.2) is 76.8 Å². The number of hydrogen-bond donors (Lipinski definition) is 3. The van der Waals surface area contributed by atoms with Crippen LogP contribution in [0.1, 0.15) is 17.3 Å². The van der Waals surface area contributed by atoms with Gasteiger partial charge in [0.2, 0.25) is 0 Å². The topological polar surface area (TPSA) is 97.5 Å². The van der Waals surface area contributed by atoms with E-state index in [0.717, 1.165) is 5.56 Å². The number of hydrazone groups is 1. The molecular formula is C23H17ClN4O3S. The number of rotatable bonds is 3. The number of phenolic OH excluding ortho intramolecular Hbond substituents is 2. The molecular weight excluding hydrogens is 448 g/mol. The second-order valence-corrected chi connectivity index (χ2v) is 8.64. The van der Waals surface area contributed by atoms with Gasteiger partial charge in [0.05, 0.1) is 5.36 Å². The first-order valence-corrected chi connectivity index (χ1v) is 11.1. The quantitative estimate of drug-likeness (QED) is 0.518. The number of fused-ring (bicyclic) bond motifs is 2. The molecule has 0 fully saturated rings. The smallest absolute Gasteiger partial charge is 0.276 e. The number of phenols is 2. The van der Waals surface area contributed by atoms with E-state index in [1.165, 1.54) is 23.9 Å². The normalized spacial score (nSPS) is 17.1. The van der Waals surface area contributed by atoms with Crippen LogP contribution in [0.25, 0.3) is 5.70 Å². The van der Waals surface area contributed by atoms with Crippen molar-refractivity contribution in [2.75, 3.05) is 0 Å². The number of nitrogens with zero attached hydrogens (tertiary/aromatic N) is 3. The lowest BCUT2D eigenvalue weighted by atomic mass is 10.1. The molecule has 1 atom stereocenters. The van der Waals surface area contributed by atoms with Gasteiger partial charge in [0.25, 0.3) is 5.91 Å². The van der Waals surface area contributed by atoms with Crippen LogP contribution in [0, 0.1) is 0 Å². The van der Waals surface area contributed by atoms with Crippen molar-refractivity contribution in [1.29, 1.82) is 0 Å². The SMILES string of the molecule is O=C1NC(SCc2ccc(Cl)cc2)=NN2C1=c1ccccc1=NC2c1ccc(O)c(O)c1. The molecule has 1 amide bonds. The minimum absolute atomic E-state index is 0.228. The molecule has 0 spiro atoms. The first kappa shape index (κ1) is 20.4. The predicted octanol–water partition coefficient (Wildman–Crippen LogP) is 2.83. The molecule has 2 aliphatic heterocycles. The number of aromatic hydroxyl groups is 2. The van der Waals surface area contributed by atoms with Crippen LogP contribution >= 0.6 is 23.4 Å². The molecule has 7 nitrogen and oxygen atoms in total. The maximum atomic E-state index is 13.1. The van der Waals surface area contributed by atoms with Crippen LogP contribution in [0.2, 0.25) is 5.02 Å². The van der Waals surface area contributed by atoms with Gasteiger partial charge in [0.15, 0.2) is 22.8 Å². The predicted molar refractivity (Wildman–Crippen MR) is 123 cm³/mol. The fourth-order valence-corrected chi connectivity index (χ4v) is 4.48. The number of thioether (sulfide) groups is 1. The minimum atomic E-state index is -0.677. The van der Waals surface area contributed by atoms with E-state index in [-0.39, 0.29) is 17.4 Å². The van der Waals surface area contributed by atoms with E-state index < -0.39 is 6.17 Å². The van der Waals surface area contributed by atoms with E-state index in [9.17, 15) is 15.0 Å². The summed E-state index contributed by atoms with van der Waals surface area (Å²) in [6.07, 6.45) is -0.677. The Balaban J connectivity index is 1.56. The minimum Gasteiger partial charge on any atom is -0.504 e. The number of benzene rings is 3. The standard InChI is InChI=1S/C23H17ClN4O3S/c24-15-8-5-13(6-9-15)12-32-23-26-22(31)20-16-3-1-2-4-17(16)25-21(28(20)27-23)14-7-10-18(29)19(30)11-14/h1-11,21,29-30H,12H2,(H,26,27,31). The second kappa shape index (κ2) is 8.22. The van der Waals surface area contributed by atoms with Crippen LogP contribution in [0.3, 0.4) is 0 Å². The molecule has 3 N–H and O–H groups in total. The molecule has 3 aromatic rings. The van der Waals surface area contributed by atoms with Gasteiger partial charge in [0.1, 0.15) is 5.70 Å². The first-order chi connectivity index (χ1) is 15.5. The van der Waals surface area contributed by atoms with E-state index in [4.69, 9.17) is 16.6 Å². The second-order valence-electron chi connectivity index (χ2n) is 7.24. The zero-order chi connectivity index (χ0) is 22.2. The van der Waals surface area contributed by atoms with Gasteiger partial charge >= 0.3 is 0 Å². The molecule has 0 radical (unpaired) electrons. The highest BCUT2D eigenvalue weighted by Crippen LogP contribution is 2.35. The van der Waals surface area contributed by atoms with Crippen LogP contribution in [-0.2, 0) is 10.5 Å². The van der Waals surface area contributed by atoms with Crippen molar-refractivity contribution >= 4 is 40.1 Å². The van der Waals surface area contributed by atoms with Crippen molar-refractivity contribution in [1.82, 2.24) is 10.3 Å². The monoisotopic (exact) mass is 464 g/mol. The van der Waals surface area contributed by atoms with Gasteiger partial charge in [-0.2, -0.15) is 0 Å². The molecule has 3 aromatic carbocycles. The molecule has 2 heterocycles. The molecule has 0 aliphatic carbocycles. The van der Waals surface area contributed by atoms with Gasteiger partial charge < -0.3 is 10.2 Å². The number of carbonyl (C=O) groups excluding carboxylic acids is 1. The van der Waals surface area contributed by atoms with Gasteiger partial charge in [-0.15, -0.1) is 5.10 Å². The fourth-order valence-electron chi connectivity index (χ4n) is 3.54. The van der Waals surface area contributed by atoms with Crippen molar-refractivity contribution in [3.05, 3.63) is 93.5 Å². The van der Waals surface area contributed by atoms with Crippen molar-refractivity contribution in [2.24, 2.45) is 10.1 Å². The van der Waals surface area contributed by atoms with Gasteiger partial charge in [-0.25, -0.2) is 5.01 Å². The van der Waals surface area contributed by atoms with Crippen molar-refractivity contribution in [3.8, 4) is 11.5 Å². The summed E-state index contributed by atoms with van der Waals surface area (Å²) in [6.45, 7) is 0. The third-order valence-electron chi connectivity index (χ3n) is 5.10. The van der Waals surface area contributed by atoms with Crippen molar-refractivity contribution in [3.63, 3.8) is 0 Å². The Kier molecular flexibility index (Phi) is 5.24. The first-order valence-electron chi connectivity index (χ1n) is 9.75. The molecule has 0 saturated carbocycles. The Labute approximate surface area is 192 Å². The number of nitrogens with one attached hydrogen (secondary N) is 1. The number of para-hydroxylation sites is 1. The highest BCUT2D eigenvalue weighted by molar-refractivity contribution is 8.13. The summed E-state index contributed by atoms with van der Waals surface area (Å²) in [4.78, 5) is 17.9. The molecule has 32 heavy (non-hydrogen) atoms. The van der Waals surface area contributed by atoms with Crippen LogP contribution < -0.4 is 15.9 Å². The Hall–Kier alpha value is -3.49. The van der Waals surface area contributed by atoms with E-state index >= 15 is 0 Å². The molecule has 0 aromatic heterocycles. The van der Waals surface area contributed by atoms with Crippen LogP contribution in [0.5, 0.6) is 11.5 Å². The van der Waals surface area contributed by atoms with Crippen LogP contribution in [-0.4, -0.2) is 26.3 Å². The van der Waals surface area contributed by atoms with E-state index in [2.05, 4.69) is 10.4 Å². The number of amidine groups is 1. The molecule has 5 rings (SSSR count). The molecule has 2 aliphatic rings. The fraction of sp³-hybridized carbons (Fsp3) is 0.0870. The maximum absolute atomic E-state index is 13.1. The van der Waals surface area contributed by atoms with Crippen LogP contribution in [0.4, 0.5) is 0 Å². The average Bonchev–Trinajstić information content (AvgIpc) is 2.80. The highest BCUT2D eigenvalue weighted by Gasteiger charge is 2.34. The number of hydrogen-bond acceptors (Lipinski definition) is 7. The van der Waals surface area contributed by atoms with Crippen molar-refractivity contribution in [2.45, 2.75) is 11.9 Å². The lowest BCUT2D eigenvalue weighted by Gasteiger charge is -2.34. The summed E-state index contributed by atoms with van der Waals surface area (Å²) in [7, 11) is 0. The van der Waals surface area contributed by atoms with Gasteiger partial charge in [-0.3, -0.25) is 15.1 Å². The number of carbonyl (C=O) groups is 1. The molecule has 9 heteroatoms. The molecule has 160 valence electrons. The summed E-state index contributed by atoms with van der Waals surface area (Å²) in [5, 5.41) is 31.3. The van der Waals surface area contributed by atoms with E-state index in [0.29, 0.717) is 37.8 Å². The largest absolute Gasteiger partial charge is 0.504 e.